The number of amides is 1. The van der Waals surface area contributed by atoms with E-state index >= 15 is 0 Å². The maximum Gasteiger partial charge on any atom is 0.256 e. The predicted molar refractivity (Wildman–Crippen MR) is 74.4 cm³/mol. The lowest BCUT2D eigenvalue weighted by Crippen LogP contribution is -2.39. The van der Waals surface area contributed by atoms with Gasteiger partial charge in [-0.15, -0.1) is 0 Å². The van der Waals surface area contributed by atoms with Crippen LogP contribution in [0.3, 0.4) is 0 Å². The monoisotopic (exact) mass is 263 g/mol. The number of carbonyl (C=O) groups is 1. The van der Waals surface area contributed by atoms with Gasteiger partial charge in [0.25, 0.3) is 5.91 Å². The third-order valence-electron chi connectivity index (χ3n) is 3.57. The zero-order chi connectivity index (χ0) is 14.0. The van der Waals surface area contributed by atoms with Gasteiger partial charge in [0, 0.05) is 12.6 Å². The van der Waals surface area contributed by atoms with E-state index in [1.54, 1.807) is 17.0 Å². The number of ether oxygens (including phenoxy) is 1. The van der Waals surface area contributed by atoms with E-state index < -0.39 is 0 Å². The van der Waals surface area contributed by atoms with Crippen molar-refractivity contribution in [2.45, 2.75) is 45.8 Å². The summed E-state index contributed by atoms with van der Waals surface area (Å²) >= 11 is 0. The molecule has 2 rings (SSSR count). The smallest absolute Gasteiger partial charge is 0.256 e. The number of carbonyl (C=O) groups excluding carboxylic acids is 1. The molecule has 2 atom stereocenters. The molecule has 1 amide bonds. The molecule has 2 unspecified atom stereocenters. The summed E-state index contributed by atoms with van der Waals surface area (Å²) in [7, 11) is 0. The minimum absolute atomic E-state index is 0.0134. The first kappa shape index (κ1) is 13.9. The molecular formula is C15H21NO3. The van der Waals surface area contributed by atoms with Gasteiger partial charge in [0.15, 0.2) is 0 Å². The van der Waals surface area contributed by atoms with Crippen LogP contribution in [0.1, 0.15) is 32.3 Å². The number of nitrogens with zero attached hydrogens (tertiary/aromatic N) is 1. The van der Waals surface area contributed by atoms with Crippen molar-refractivity contribution in [1.29, 1.82) is 0 Å². The number of anilines is 1. The van der Waals surface area contributed by atoms with Gasteiger partial charge in [0.1, 0.15) is 11.9 Å². The zero-order valence-electron chi connectivity index (χ0n) is 11.7. The highest BCUT2D eigenvalue weighted by atomic mass is 16.5. The van der Waals surface area contributed by atoms with Crippen LogP contribution in [-0.4, -0.2) is 29.8 Å². The van der Waals surface area contributed by atoms with E-state index in [0.29, 0.717) is 6.54 Å². The average Bonchev–Trinajstić information content (AvgIpc) is 2.81. The molecule has 0 aromatic heterocycles. The molecule has 0 bridgehead atoms. The highest BCUT2D eigenvalue weighted by Gasteiger charge is 2.32. The molecule has 1 heterocycles. The SMILES string of the molecule is CCN(C(=O)C1CCC(C)O1)c1cc(O)ccc1C. The van der Waals surface area contributed by atoms with Gasteiger partial charge in [-0.2, -0.15) is 0 Å². The summed E-state index contributed by atoms with van der Waals surface area (Å²) in [4.78, 5) is 14.2. The molecule has 104 valence electrons. The second-order valence-electron chi connectivity index (χ2n) is 5.07. The van der Waals surface area contributed by atoms with Gasteiger partial charge in [-0.25, -0.2) is 0 Å². The van der Waals surface area contributed by atoms with Gasteiger partial charge in [0.2, 0.25) is 0 Å². The first-order valence-electron chi connectivity index (χ1n) is 6.79. The summed E-state index contributed by atoms with van der Waals surface area (Å²) in [6.45, 7) is 6.42. The van der Waals surface area contributed by atoms with E-state index in [1.807, 2.05) is 26.8 Å². The molecule has 1 aliphatic rings. The molecule has 19 heavy (non-hydrogen) atoms. The summed E-state index contributed by atoms with van der Waals surface area (Å²) in [5.41, 5.74) is 1.73. The van der Waals surface area contributed by atoms with Crippen LogP contribution in [0.25, 0.3) is 0 Å². The maximum atomic E-state index is 12.5. The molecule has 0 spiro atoms. The Morgan fingerprint density at radius 2 is 2.21 bits per heavy atom. The number of likely N-dealkylation sites (N-methyl/N-ethyl adjacent to an activating group) is 1. The maximum absolute atomic E-state index is 12.5. The fraction of sp³-hybridized carbons (Fsp3) is 0.533. The van der Waals surface area contributed by atoms with E-state index in [4.69, 9.17) is 4.74 Å². The van der Waals surface area contributed by atoms with Crippen molar-refractivity contribution in [2.24, 2.45) is 0 Å². The fourth-order valence-electron chi connectivity index (χ4n) is 2.49. The molecule has 0 aliphatic carbocycles. The second-order valence-corrected chi connectivity index (χ2v) is 5.07. The van der Waals surface area contributed by atoms with E-state index in [2.05, 4.69) is 0 Å². The van der Waals surface area contributed by atoms with Crippen LogP contribution < -0.4 is 4.90 Å². The highest BCUT2D eigenvalue weighted by Crippen LogP contribution is 2.28. The average molecular weight is 263 g/mol. The highest BCUT2D eigenvalue weighted by molar-refractivity contribution is 5.97. The molecule has 0 saturated carbocycles. The quantitative estimate of drug-likeness (QED) is 0.912. The number of hydrogen-bond acceptors (Lipinski definition) is 3. The van der Waals surface area contributed by atoms with Gasteiger partial charge in [0.05, 0.1) is 11.8 Å². The van der Waals surface area contributed by atoms with Crippen LogP contribution in [0.5, 0.6) is 5.75 Å². The van der Waals surface area contributed by atoms with Gasteiger partial charge < -0.3 is 14.7 Å². The second kappa shape index (κ2) is 5.61. The number of rotatable bonds is 3. The third kappa shape index (κ3) is 2.89. The third-order valence-corrected chi connectivity index (χ3v) is 3.57. The molecule has 1 N–H and O–H groups in total. The zero-order valence-corrected chi connectivity index (χ0v) is 11.7. The Hall–Kier alpha value is -1.55. The van der Waals surface area contributed by atoms with Crippen molar-refractivity contribution in [2.75, 3.05) is 11.4 Å². The van der Waals surface area contributed by atoms with E-state index in [-0.39, 0.29) is 23.9 Å². The summed E-state index contributed by atoms with van der Waals surface area (Å²) in [5.74, 6) is 0.160. The van der Waals surface area contributed by atoms with Crippen LogP contribution in [0.2, 0.25) is 0 Å². The van der Waals surface area contributed by atoms with E-state index in [9.17, 15) is 9.90 Å². The molecule has 1 fully saturated rings. The summed E-state index contributed by atoms with van der Waals surface area (Å²) in [6.07, 6.45) is 1.50. The lowest BCUT2D eigenvalue weighted by Gasteiger charge is -2.26. The van der Waals surface area contributed by atoms with Crippen LogP contribution >= 0.6 is 0 Å². The molecule has 1 aliphatic heterocycles. The Morgan fingerprint density at radius 1 is 1.47 bits per heavy atom. The molecule has 1 aromatic rings. The Morgan fingerprint density at radius 3 is 2.79 bits per heavy atom. The van der Waals surface area contributed by atoms with Crippen molar-refractivity contribution < 1.29 is 14.6 Å². The first-order chi connectivity index (χ1) is 9.02. The van der Waals surface area contributed by atoms with Crippen molar-refractivity contribution in [3.63, 3.8) is 0 Å². The molecular weight excluding hydrogens is 242 g/mol. The van der Waals surface area contributed by atoms with Crippen LogP contribution in [0.15, 0.2) is 18.2 Å². The standard InChI is InChI=1S/C15H21NO3/c1-4-16(13-9-12(17)7-5-10(13)2)15(18)14-8-6-11(3)19-14/h5,7,9,11,14,17H,4,6,8H2,1-3H3. The number of aromatic hydroxyl groups is 1. The number of phenolic OH excluding ortho intramolecular Hbond substituents is 1. The van der Waals surface area contributed by atoms with Crippen molar-refractivity contribution in [3.05, 3.63) is 23.8 Å². The normalized spacial score (nSPS) is 22.5. The molecule has 4 nitrogen and oxygen atoms in total. The number of benzene rings is 1. The fourth-order valence-corrected chi connectivity index (χ4v) is 2.49. The Kier molecular flexibility index (Phi) is 4.10. The van der Waals surface area contributed by atoms with Gasteiger partial charge in [-0.1, -0.05) is 6.07 Å². The number of aryl methyl sites for hydroxylation is 1. The summed E-state index contributed by atoms with van der Waals surface area (Å²) < 4.78 is 5.64. The summed E-state index contributed by atoms with van der Waals surface area (Å²) in [5, 5.41) is 9.60. The van der Waals surface area contributed by atoms with E-state index in [0.717, 1.165) is 24.1 Å². The summed E-state index contributed by atoms with van der Waals surface area (Å²) in [6, 6.07) is 5.08. The molecule has 4 heteroatoms. The van der Waals surface area contributed by atoms with Crippen LogP contribution in [0, 0.1) is 6.92 Å². The van der Waals surface area contributed by atoms with Gasteiger partial charge in [-0.05, 0) is 45.2 Å². The van der Waals surface area contributed by atoms with Gasteiger partial charge in [-0.3, -0.25) is 4.79 Å². The van der Waals surface area contributed by atoms with Crippen molar-refractivity contribution in [3.8, 4) is 5.75 Å². The predicted octanol–water partition coefficient (Wildman–Crippen LogP) is 2.62. The Bertz CT molecular complexity index is 472. The van der Waals surface area contributed by atoms with Crippen LogP contribution in [-0.2, 0) is 9.53 Å². The van der Waals surface area contributed by atoms with Gasteiger partial charge >= 0.3 is 0 Å². The Labute approximate surface area is 114 Å². The lowest BCUT2D eigenvalue weighted by atomic mass is 10.1. The van der Waals surface area contributed by atoms with E-state index in [1.165, 1.54) is 0 Å². The largest absolute Gasteiger partial charge is 0.508 e. The van der Waals surface area contributed by atoms with Crippen molar-refractivity contribution >= 4 is 11.6 Å². The number of hydrogen-bond donors (Lipinski definition) is 1. The number of phenols is 1. The minimum Gasteiger partial charge on any atom is -0.508 e. The minimum atomic E-state index is -0.350. The van der Waals surface area contributed by atoms with Crippen LogP contribution in [0.4, 0.5) is 5.69 Å². The lowest BCUT2D eigenvalue weighted by molar-refractivity contribution is -0.128. The first-order valence-corrected chi connectivity index (χ1v) is 6.79. The Balaban J connectivity index is 2.24. The van der Waals surface area contributed by atoms with Crippen molar-refractivity contribution in [1.82, 2.24) is 0 Å². The molecule has 1 saturated heterocycles. The molecule has 1 aromatic carbocycles. The topological polar surface area (TPSA) is 49.8 Å². The molecule has 0 radical (unpaired) electrons.